The van der Waals surface area contributed by atoms with Crippen molar-refractivity contribution in [2.24, 2.45) is 5.16 Å². The van der Waals surface area contributed by atoms with Crippen molar-refractivity contribution in [3.63, 3.8) is 0 Å². The number of carbonyl (C=O) groups excluding carboxylic acids is 1. The molecule has 3 rings (SSSR count). The maximum atomic E-state index is 11.7. The lowest BCUT2D eigenvalue weighted by atomic mass is 10.0. The SMILES string of the molecule is CN1CCC=C(C2=NOC(N3CCCC3=O)C2)C1. The topological polar surface area (TPSA) is 45.1 Å². The van der Waals surface area contributed by atoms with Crippen molar-refractivity contribution in [3.8, 4) is 0 Å². The molecular weight excluding hydrogens is 230 g/mol. The molecule has 1 atom stereocenters. The summed E-state index contributed by atoms with van der Waals surface area (Å²) in [5.74, 6) is 0.200. The van der Waals surface area contributed by atoms with Crippen molar-refractivity contribution in [1.82, 2.24) is 9.80 Å². The predicted molar refractivity (Wildman–Crippen MR) is 68.1 cm³/mol. The zero-order valence-electron chi connectivity index (χ0n) is 10.8. The van der Waals surface area contributed by atoms with Crippen molar-refractivity contribution in [3.05, 3.63) is 11.6 Å². The largest absolute Gasteiger partial charge is 0.370 e. The number of likely N-dealkylation sites (N-methyl/N-ethyl adjacent to an activating group) is 1. The summed E-state index contributed by atoms with van der Waals surface area (Å²) in [6.45, 7) is 2.85. The van der Waals surface area contributed by atoms with Crippen LogP contribution in [0.15, 0.2) is 16.8 Å². The molecule has 3 aliphatic heterocycles. The maximum Gasteiger partial charge on any atom is 0.225 e. The molecule has 5 heteroatoms. The molecule has 98 valence electrons. The molecule has 1 amide bonds. The van der Waals surface area contributed by atoms with Gasteiger partial charge >= 0.3 is 0 Å². The Hall–Kier alpha value is -1.36. The first-order chi connectivity index (χ1) is 8.74. The van der Waals surface area contributed by atoms with Gasteiger partial charge < -0.3 is 14.6 Å². The summed E-state index contributed by atoms with van der Waals surface area (Å²) < 4.78 is 0. The Balaban J connectivity index is 1.64. The Morgan fingerprint density at radius 1 is 1.44 bits per heavy atom. The molecule has 3 aliphatic rings. The van der Waals surface area contributed by atoms with Crippen LogP contribution in [0.5, 0.6) is 0 Å². The quantitative estimate of drug-likeness (QED) is 0.732. The first-order valence-corrected chi connectivity index (χ1v) is 6.64. The molecular formula is C13H19N3O2. The molecule has 0 N–H and O–H groups in total. The summed E-state index contributed by atoms with van der Waals surface area (Å²) >= 11 is 0. The van der Waals surface area contributed by atoms with E-state index in [2.05, 4.69) is 23.2 Å². The van der Waals surface area contributed by atoms with Gasteiger partial charge in [-0.3, -0.25) is 4.79 Å². The van der Waals surface area contributed by atoms with E-state index in [-0.39, 0.29) is 12.1 Å². The van der Waals surface area contributed by atoms with E-state index in [9.17, 15) is 4.79 Å². The molecule has 0 aromatic heterocycles. The van der Waals surface area contributed by atoms with Crippen LogP contribution in [0.3, 0.4) is 0 Å². The van der Waals surface area contributed by atoms with Crippen LogP contribution in [0.1, 0.15) is 25.7 Å². The Labute approximate surface area is 107 Å². The Morgan fingerprint density at radius 3 is 3.06 bits per heavy atom. The van der Waals surface area contributed by atoms with Crippen LogP contribution in [-0.2, 0) is 9.63 Å². The molecule has 0 aliphatic carbocycles. The normalized spacial score (nSPS) is 29.3. The van der Waals surface area contributed by atoms with E-state index < -0.39 is 0 Å². The van der Waals surface area contributed by atoms with E-state index >= 15 is 0 Å². The van der Waals surface area contributed by atoms with Crippen LogP contribution >= 0.6 is 0 Å². The number of nitrogens with zero attached hydrogens (tertiary/aromatic N) is 3. The highest BCUT2D eigenvalue weighted by Crippen LogP contribution is 2.24. The van der Waals surface area contributed by atoms with Crippen molar-refractivity contribution in [2.75, 3.05) is 26.7 Å². The number of oxime groups is 1. The number of rotatable bonds is 2. The van der Waals surface area contributed by atoms with Crippen molar-refractivity contribution in [1.29, 1.82) is 0 Å². The van der Waals surface area contributed by atoms with Crippen LogP contribution in [0.2, 0.25) is 0 Å². The molecule has 0 aromatic carbocycles. The molecule has 1 unspecified atom stereocenters. The number of hydrogen-bond acceptors (Lipinski definition) is 4. The van der Waals surface area contributed by atoms with Gasteiger partial charge in [0.15, 0.2) is 0 Å². The summed E-state index contributed by atoms with van der Waals surface area (Å²) in [7, 11) is 2.12. The van der Waals surface area contributed by atoms with E-state index in [1.54, 1.807) is 0 Å². The second-order valence-electron chi connectivity index (χ2n) is 5.25. The second kappa shape index (κ2) is 4.72. The minimum atomic E-state index is -0.164. The molecule has 1 saturated heterocycles. The molecule has 0 radical (unpaired) electrons. The van der Waals surface area contributed by atoms with Gasteiger partial charge in [-0.25, -0.2) is 0 Å². The van der Waals surface area contributed by atoms with E-state index in [1.807, 2.05) is 4.90 Å². The van der Waals surface area contributed by atoms with Gasteiger partial charge in [-0.05, 0) is 25.5 Å². The van der Waals surface area contributed by atoms with Gasteiger partial charge in [0.2, 0.25) is 12.1 Å². The summed E-state index contributed by atoms with van der Waals surface area (Å²) in [6, 6.07) is 0. The molecule has 0 spiro atoms. The van der Waals surface area contributed by atoms with Crippen molar-refractivity contribution >= 4 is 11.6 Å². The molecule has 5 nitrogen and oxygen atoms in total. The van der Waals surface area contributed by atoms with Crippen LogP contribution in [-0.4, -0.2) is 54.3 Å². The minimum Gasteiger partial charge on any atom is -0.370 e. The van der Waals surface area contributed by atoms with Gasteiger partial charge in [-0.1, -0.05) is 11.2 Å². The number of amides is 1. The average Bonchev–Trinajstić information content (AvgIpc) is 2.97. The third kappa shape index (κ3) is 2.14. The van der Waals surface area contributed by atoms with Crippen molar-refractivity contribution in [2.45, 2.75) is 31.9 Å². The van der Waals surface area contributed by atoms with Gasteiger partial charge in [-0.2, -0.15) is 0 Å². The fraction of sp³-hybridized carbons (Fsp3) is 0.692. The van der Waals surface area contributed by atoms with Gasteiger partial charge in [0.1, 0.15) is 0 Å². The van der Waals surface area contributed by atoms with Crippen molar-refractivity contribution < 1.29 is 9.63 Å². The molecule has 0 aromatic rings. The Bertz CT molecular complexity index is 416. The Morgan fingerprint density at radius 2 is 2.33 bits per heavy atom. The highest BCUT2D eigenvalue weighted by molar-refractivity contribution is 6.01. The third-order valence-corrected chi connectivity index (χ3v) is 3.82. The first kappa shape index (κ1) is 11.7. The van der Waals surface area contributed by atoms with E-state index in [0.29, 0.717) is 6.42 Å². The fourth-order valence-electron chi connectivity index (χ4n) is 2.80. The van der Waals surface area contributed by atoms with Gasteiger partial charge in [-0.15, -0.1) is 0 Å². The Kier molecular flexibility index (Phi) is 3.07. The third-order valence-electron chi connectivity index (χ3n) is 3.82. The lowest BCUT2D eigenvalue weighted by Crippen LogP contribution is -2.36. The van der Waals surface area contributed by atoms with Crippen LogP contribution < -0.4 is 0 Å². The summed E-state index contributed by atoms with van der Waals surface area (Å²) in [4.78, 5) is 21.2. The standard InChI is InChI=1S/C13H19N3O2/c1-15-6-2-4-10(9-15)11-8-13(18-14-11)16-7-3-5-12(16)17/h4,13H,2-3,5-9H2,1H3. The lowest BCUT2D eigenvalue weighted by Gasteiger charge is -2.23. The summed E-state index contributed by atoms with van der Waals surface area (Å²) in [5, 5.41) is 4.18. The molecule has 3 heterocycles. The van der Waals surface area contributed by atoms with E-state index in [1.165, 1.54) is 5.57 Å². The van der Waals surface area contributed by atoms with Gasteiger partial charge in [0, 0.05) is 26.1 Å². The number of hydrogen-bond donors (Lipinski definition) is 0. The summed E-state index contributed by atoms with van der Waals surface area (Å²) in [6.07, 6.45) is 5.49. The molecule has 0 saturated carbocycles. The second-order valence-corrected chi connectivity index (χ2v) is 5.25. The van der Waals surface area contributed by atoms with Crippen LogP contribution in [0.25, 0.3) is 0 Å². The fourth-order valence-corrected chi connectivity index (χ4v) is 2.80. The smallest absolute Gasteiger partial charge is 0.225 e. The van der Waals surface area contributed by atoms with Gasteiger partial charge in [0.25, 0.3) is 0 Å². The average molecular weight is 249 g/mol. The number of carbonyl (C=O) groups is 1. The van der Waals surface area contributed by atoms with E-state index in [0.717, 1.165) is 44.6 Å². The first-order valence-electron chi connectivity index (χ1n) is 6.64. The zero-order valence-corrected chi connectivity index (χ0v) is 10.8. The highest BCUT2D eigenvalue weighted by atomic mass is 16.7. The molecule has 1 fully saturated rings. The monoisotopic (exact) mass is 249 g/mol. The summed E-state index contributed by atoms with van der Waals surface area (Å²) in [5.41, 5.74) is 2.28. The zero-order chi connectivity index (χ0) is 12.5. The molecule has 0 bridgehead atoms. The minimum absolute atomic E-state index is 0.164. The van der Waals surface area contributed by atoms with Crippen LogP contribution in [0.4, 0.5) is 0 Å². The molecule has 18 heavy (non-hydrogen) atoms. The predicted octanol–water partition coefficient (Wildman–Crippen LogP) is 0.973. The lowest BCUT2D eigenvalue weighted by molar-refractivity contribution is -0.138. The van der Waals surface area contributed by atoms with Crippen LogP contribution in [0, 0.1) is 0 Å². The number of likely N-dealkylation sites (tertiary alicyclic amines) is 1. The van der Waals surface area contributed by atoms with E-state index in [4.69, 9.17) is 4.84 Å². The highest BCUT2D eigenvalue weighted by Gasteiger charge is 2.34. The maximum absolute atomic E-state index is 11.7. The van der Waals surface area contributed by atoms with Gasteiger partial charge in [0.05, 0.1) is 12.1 Å².